The van der Waals surface area contributed by atoms with Gasteiger partial charge in [-0.3, -0.25) is 9.36 Å². The number of allylic oxidation sites excluding steroid dienone is 1. The Morgan fingerprint density at radius 1 is 1.15 bits per heavy atom. The summed E-state index contributed by atoms with van der Waals surface area (Å²) in [5, 5.41) is 12.0. The number of fused-ring (bicyclic) bond motifs is 3. The number of carbonyl (C=O) groups is 1. The van der Waals surface area contributed by atoms with Crippen LogP contribution in [-0.2, 0) is 28.0 Å². The average Bonchev–Trinajstić information content (AvgIpc) is 3.47. The van der Waals surface area contributed by atoms with E-state index in [2.05, 4.69) is 71.1 Å². The molecule has 0 bridgehead atoms. The molecule has 4 aliphatic rings. The largest absolute Gasteiger partial charge is 0.376 e. The van der Waals surface area contributed by atoms with E-state index in [-0.39, 0.29) is 24.1 Å². The summed E-state index contributed by atoms with van der Waals surface area (Å²) in [4.78, 5) is 40.5. The summed E-state index contributed by atoms with van der Waals surface area (Å²) in [6.45, 7) is 5.83. The van der Waals surface area contributed by atoms with Gasteiger partial charge >= 0.3 is 5.69 Å². The van der Waals surface area contributed by atoms with E-state index in [1.54, 1.807) is 4.90 Å². The molecule has 3 fully saturated rings. The normalized spacial score (nSPS) is 22.6. The lowest BCUT2D eigenvalue weighted by molar-refractivity contribution is -0.128. The molecule has 47 heavy (non-hydrogen) atoms. The number of benzene rings is 2. The van der Waals surface area contributed by atoms with Crippen LogP contribution in [0.5, 0.6) is 0 Å². The van der Waals surface area contributed by atoms with Crippen molar-refractivity contribution in [3.05, 3.63) is 75.9 Å². The molecular formula is C36H42FN7O3. The van der Waals surface area contributed by atoms with Crippen molar-refractivity contribution >= 4 is 28.2 Å². The first-order chi connectivity index (χ1) is 22.9. The Morgan fingerprint density at radius 2 is 1.96 bits per heavy atom. The number of alkyl halides is 1. The van der Waals surface area contributed by atoms with E-state index in [4.69, 9.17) is 9.72 Å². The van der Waals surface area contributed by atoms with Gasteiger partial charge in [0.25, 0.3) is 0 Å². The summed E-state index contributed by atoms with van der Waals surface area (Å²) in [5.74, 6) is 0.343. The van der Waals surface area contributed by atoms with E-state index >= 15 is 0 Å². The molecule has 0 N–H and O–H groups in total. The third-order valence-corrected chi connectivity index (χ3v) is 10.7. The summed E-state index contributed by atoms with van der Waals surface area (Å²) in [6, 6.07) is 14.9. The third-order valence-electron chi connectivity index (χ3n) is 10.7. The number of likely N-dealkylation sites (N-methyl/N-ethyl adjacent to an activating group) is 1. The number of carbonyl (C=O) groups excluding carboxylic acids is 1. The quantitative estimate of drug-likeness (QED) is 0.363. The van der Waals surface area contributed by atoms with Crippen LogP contribution in [-0.4, -0.2) is 97.0 Å². The van der Waals surface area contributed by atoms with Gasteiger partial charge in [0.1, 0.15) is 18.0 Å². The number of aromatic nitrogens is 2. The standard InChI is InChI=1S/C36H42FN7O3/c1-25-7-3-8-26-9-4-11-30(32(25)26)44-18-14-29-33(36(44)23-47-24-36)43(22-27-10-6-17-40(27)2)35(46)39-34(29)41-19-20-42(28(21-41)13-16-38)31(45)12-5-15-37/h3-5,7-9,11-12,27-28H,6,10,13-15,17-24H2,1-2H3/b12-5+/t27-,28-/m0/s1. The molecule has 10 nitrogen and oxygen atoms in total. The van der Waals surface area contributed by atoms with E-state index in [0.29, 0.717) is 51.6 Å². The lowest BCUT2D eigenvalue weighted by atomic mass is 9.81. The van der Waals surface area contributed by atoms with E-state index in [0.717, 1.165) is 42.9 Å². The fraction of sp³-hybridized carbons (Fsp3) is 0.500. The second kappa shape index (κ2) is 12.7. The van der Waals surface area contributed by atoms with Crippen molar-refractivity contribution in [1.82, 2.24) is 19.4 Å². The third kappa shape index (κ3) is 5.37. The minimum atomic E-state index is -0.724. The van der Waals surface area contributed by atoms with Crippen LogP contribution in [0.4, 0.5) is 15.9 Å². The molecule has 5 heterocycles. The van der Waals surface area contributed by atoms with Gasteiger partial charge in [-0.2, -0.15) is 10.2 Å². The molecule has 1 aromatic heterocycles. The molecule has 0 radical (unpaired) electrons. The van der Waals surface area contributed by atoms with E-state index < -0.39 is 18.3 Å². The lowest BCUT2D eigenvalue weighted by Crippen LogP contribution is -2.65. The van der Waals surface area contributed by atoms with Crippen molar-refractivity contribution in [1.29, 1.82) is 5.26 Å². The maximum absolute atomic E-state index is 14.3. The molecule has 7 rings (SSSR count). The molecule has 11 heteroatoms. The van der Waals surface area contributed by atoms with Gasteiger partial charge in [0.15, 0.2) is 0 Å². The topological polar surface area (TPSA) is 97.9 Å². The van der Waals surface area contributed by atoms with Gasteiger partial charge in [-0.1, -0.05) is 30.3 Å². The molecule has 2 aromatic carbocycles. The molecule has 0 unspecified atom stereocenters. The number of aryl methyl sites for hydroxylation is 1. The minimum absolute atomic E-state index is 0.130. The summed E-state index contributed by atoms with van der Waals surface area (Å²) >= 11 is 0. The zero-order chi connectivity index (χ0) is 32.7. The van der Waals surface area contributed by atoms with Gasteiger partial charge in [0.05, 0.1) is 37.4 Å². The Balaban J connectivity index is 1.35. The van der Waals surface area contributed by atoms with Gasteiger partial charge in [-0.25, -0.2) is 9.18 Å². The van der Waals surface area contributed by atoms with Crippen molar-refractivity contribution in [2.24, 2.45) is 0 Å². The number of nitriles is 1. The highest BCUT2D eigenvalue weighted by atomic mass is 19.1. The smallest absolute Gasteiger partial charge is 0.349 e. The Bertz CT molecular complexity index is 1810. The summed E-state index contributed by atoms with van der Waals surface area (Å²) in [6.07, 6.45) is 5.38. The first-order valence-electron chi connectivity index (χ1n) is 16.7. The predicted octanol–water partition coefficient (Wildman–Crippen LogP) is 3.54. The number of piperazine rings is 1. The summed E-state index contributed by atoms with van der Waals surface area (Å²) in [7, 11) is 2.13. The van der Waals surface area contributed by atoms with E-state index in [9.17, 15) is 19.2 Å². The number of ether oxygens (including phenoxy) is 1. The summed E-state index contributed by atoms with van der Waals surface area (Å²) in [5.41, 5.74) is 3.57. The van der Waals surface area contributed by atoms with Crippen LogP contribution in [0.3, 0.4) is 0 Å². The number of hydrogen-bond acceptors (Lipinski definition) is 8. The zero-order valence-electron chi connectivity index (χ0n) is 27.2. The van der Waals surface area contributed by atoms with Crippen LogP contribution in [0.1, 0.15) is 36.1 Å². The molecule has 4 aliphatic heterocycles. The number of likely N-dealkylation sites (tertiary alicyclic amines) is 1. The predicted molar refractivity (Wildman–Crippen MR) is 179 cm³/mol. The van der Waals surface area contributed by atoms with Gasteiger partial charge in [0.2, 0.25) is 5.91 Å². The molecule has 3 aromatic rings. The van der Waals surface area contributed by atoms with Crippen LogP contribution < -0.4 is 15.5 Å². The van der Waals surface area contributed by atoms with Gasteiger partial charge in [0, 0.05) is 61.5 Å². The first kappa shape index (κ1) is 31.3. The highest BCUT2D eigenvalue weighted by Crippen LogP contribution is 2.47. The number of nitrogens with zero attached hydrogens (tertiary/aromatic N) is 7. The molecule has 0 aliphatic carbocycles. The Hall–Kier alpha value is -4.27. The van der Waals surface area contributed by atoms with Crippen LogP contribution in [0, 0.1) is 18.3 Å². The van der Waals surface area contributed by atoms with Crippen molar-refractivity contribution in [3.63, 3.8) is 0 Å². The fourth-order valence-electron chi connectivity index (χ4n) is 8.29. The number of amides is 1. The number of hydrogen-bond donors (Lipinski definition) is 0. The second-order valence-corrected chi connectivity index (χ2v) is 13.4. The molecule has 3 saturated heterocycles. The Labute approximate surface area is 274 Å². The first-order valence-corrected chi connectivity index (χ1v) is 16.7. The molecular weight excluding hydrogens is 597 g/mol. The van der Waals surface area contributed by atoms with Crippen molar-refractivity contribution < 1.29 is 13.9 Å². The van der Waals surface area contributed by atoms with E-state index in [1.807, 2.05) is 4.57 Å². The van der Waals surface area contributed by atoms with Crippen molar-refractivity contribution in [2.75, 3.05) is 69.5 Å². The van der Waals surface area contributed by atoms with Crippen molar-refractivity contribution in [2.45, 2.75) is 56.8 Å². The van der Waals surface area contributed by atoms with Crippen LogP contribution in [0.15, 0.2) is 53.3 Å². The Morgan fingerprint density at radius 3 is 2.66 bits per heavy atom. The highest BCUT2D eigenvalue weighted by Gasteiger charge is 2.53. The van der Waals surface area contributed by atoms with Crippen LogP contribution in [0.25, 0.3) is 10.8 Å². The zero-order valence-corrected chi connectivity index (χ0v) is 27.2. The van der Waals surface area contributed by atoms with Gasteiger partial charge in [-0.05, 0) is 62.9 Å². The van der Waals surface area contributed by atoms with E-state index in [1.165, 1.54) is 28.5 Å². The number of halogens is 1. The average molecular weight is 640 g/mol. The molecule has 1 spiro atoms. The SMILES string of the molecule is Cc1cccc2cccc(N3CCc4c(N5CCN(C(=O)/C=C/CF)[C@@H](CC#N)C5)nc(=O)n(C[C@@H]5CCCN5C)c4C34COC4)c12. The van der Waals surface area contributed by atoms with Crippen molar-refractivity contribution in [3.8, 4) is 6.07 Å². The molecule has 0 saturated carbocycles. The maximum Gasteiger partial charge on any atom is 0.349 e. The molecule has 2 atom stereocenters. The van der Waals surface area contributed by atoms with Crippen LogP contribution in [0.2, 0.25) is 0 Å². The second-order valence-electron chi connectivity index (χ2n) is 13.4. The molecule has 1 amide bonds. The van der Waals surface area contributed by atoms with Gasteiger partial charge in [-0.15, -0.1) is 0 Å². The minimum Gasteiger partial charge on any atom is -0.376 e. The maximum atomic E-state index is 14.3. The number of rotatable bonds is 7. The molecule has 246 valence electrons. The monoisotopic (exact) mass is 639 g/mol. The number of anilines is 2. The Kier molecular flexibility index (Phi) is 8.49. The lowest BCUT2D eigenvalue weighted by Gasteiger charge is -2.55. The van der Waals surface area contributed by atoms with Gasteiger partial charge < -0.3 is 24.3 Å². The highest BCUT2D eigenvalue weighted by molar-refractivity contribution is 5.97. The fourth-order valence-corrected chi connectivity index (χ4v) is 8.29. The van der Waals surface area contributed by atoms with Crippen LogP contribution >= 0.6 is 0 Å². The summed E-state index contributed by atoms with van der Waals surface area (Å²) < 4.78 is 20.8.